The number of nitrogens with zero attached hydrogens (tertiary/aromatic N) is 5. The minimum atomic E-state index is 0.179. The van der Waals surface area contributed by atoms with E-state index in [2.05, 4.69) is 26.9 Å². The van der Waals surface area contributed by atoms with Crippen LogP contribution in [-0.2, 0) is 17.6 Å². The van der Waals surface area contributed by atoms with E-state index in [0.717, 1.165) is 43.9 Å². The molecule has 7 nitrogen and oxygen atoms in total. The lowest BCUT2D eigenvalue weighted by atomic mass is 10.2. The van der Waals surface area contributed by atoms with Crippen molar-refractivity contribution in [3.63, 3.8) is 0 Å². The molecular weight excluding hydrogens is 354 g/mol. The van der Waals surface area contributed by atoms with Gasteiger partial charge in [0.05, 0.1) is 10.7 Å². The molecule has 1 aliphatic rings. The fraction of sp³-hybridized carbons (Fsp3) is 0.556. The summed E-state index contributed by atoms with van der Waals surface area (Å²) in [6.07, 6.45) is 7.09. The van der Waals surface area contributed by atoms with Crippen LogP contribution in [-0.4, -0.2) is 52.1 Å². The van der Waals surface area contributed by atoms with Gasteiger partial charge in [-0.25, -0.2) is 0 Å². The summed E-state index contributed by atoms with van der Waals surface area (Å²) in [5, 5.41) is 4.58. The minimum Gasteiger partial charge on any atom is -0.367 e. The first kappa shape index (κ1) is 18.6. The van der Waals surface area contributed by atoms with Crippen molar-refractivity contribution in [2.75, 3.05) is 31.1 Å². The van der Waals surface area contributed by atoms with Gasteiger partial charge in [0.1, 0.15) is 0 Å². The van der Waals surface area contributed by atoms with Crippen molar-refractivity contribution in [1.82, 2.24) is 20.0 Å². The summed E-state index contributed by atoms with van der Waals surface area (Å²) < 4.78 is 5.21. The fourth-order valence-electron chi connectivity index (χ4n) is 3.09. The molecule has 1 amide bonds. The molecule has 0 saturated carbocycles. The molecule has 0 atom stereocenters. The maximum Gasteiger partial charge on any atom is 0.226 e. The molecule has 1 fully saturated rings. The van der Waals surface area contributed by atoms with Crippen molar-refractivity contribution in [1.29, 1.82) is 0 Å². The van der Waals surface area contributed by atoms with Crippen LogP contribution in [0, 0.1) is 0 Å². The number of rotatable bonds is 7. The Labute approximate surface area is 158 Å². The number of amides is 1. The van der Waals surface area contributed by atoms with Gasteiger partial charge in [0.2, 0.25) is 11.8 Å². The van der Waals surface area contributed by atoms with Gasteiger partial charge in [-0.15, -0.1) is 0 Å². The third kappa shape index (κ3) is 4.72. The van der Waals surface area contributed by atoms with E-state index >= 15 is 0 Å². The summed E-state index contributed by atoms with van der Waals surface area (Å²) in [6, 6.07) is 1.91. The van der Waals surface area contributed by atoms with Crippen LogP contribution in [0.5, 0.6) is 0 Å². The molecule has 0 spiro atoms. The Morgan fingerprint density at radius 1 is 1.27 bits per heavy atom. The van der Waals surface area contributed by atoms with E-state index < -0.39 is 0 Å². The van der Waals surface area contributed by atoms with Crippen molar-refractivity contribution in [3.05, 3.63) is 35.2 Å². The van der Waals surface area contributed by atoms with Crippen LogP contribution in [0.15, 0.2) is 23.0 Å². The molecule has 0 unspecified atom stereocenters. The summed E-state index contributed by atoms with van der Waals surface area (Å²) in [7, 11) is 0. The number of anilines is 1. The Bertz CT molecular complexity index is 728. The quantitative estimate of drug-likeness (QED) is 0.738. The summed E-state index contributed by atoms with van der Waals surface area (Å²) >= 11 is 6.20. The second kappa shape index (κ2) is 8.98. The largest absolute Gasteiger partial charge is 0.367 e. The van der Waals surface area contributed by atoms with E-state index in [1.807, 2.05) is 11.0 Å². The maximum atomic E-state index is 12.4. The second-order valence-electron chi connectivity index (χ2n) is 6.40. The smallest absolute Gasteiger partial charge is 0.226 e. The van der Waals surface area contributed by atoms with Gasteiger partial charge in [0.25, 0.3) is 0 Å². The number of aromatic nitrogens is 3. The van der Waals surface area contributed by atoms with Gasteiger partial charge in [0.15, 0.2) is 5.82 Å². The Balaban J connectivity index is 1.41. The van der Waals surface area contributed by atoms with Crippen molar-refractivity contribution in [2.24, 2.45) is 0 Å². The van der Waals surface area contributed by atoms with Crippen molar-refractivity contribution < 1.29 is 9.32 Å². The SMILES string of the molecule is CCCc1noc(CCCC(=O)N2CCN(c3ccncc3Cl)CC2)n1. The highest BCUT2D eigenvalue weighted by atomic mass is 35.5. The van der Waals surface area contributed by atoms with Gasteiger partial charge < -0.3 is 14.3 Å². The highest BCUT2D eigenvalue weighted by Crippen LogP contribution is 2.25. The van der Waals surface area contributed by atoms with Crippen molar-refractivity contribution in [3.8, 4) is 0 Å². The molecule has 3 heterocycles. The molecule has 26 heavy (non-hydrogen) atoms. The van der Waals surface area contributed by atoms with E-state index in [1.54, 1.807) is 12.4 Å². The molecular formula is C18H24ClN5O2. The number of hydrogen-bond acceptors (Lipinski definition) is 6. The van der Waals surface area contributed by atoms with Crippen molar-refractivity contribution >= 4 is 23.2 Å². The summed E-state index contributed by atoms with van der Waals surface area (Å²) in [5.41, 5.74) is 0.980. The zero-order valence-electron chi connectivity index (χ0n) is 15.0. The fourth-order valence-corrected chi connectivity index (χ4v) is 3.33. The molecule has 2 aromatic heterocycles. The molecule has 0 radical (unpaired) electrons. The second-order valence-corrected chi connectivity index (χ2v) is 6.81. The average Bonchev–Trinajstić information content (AvgIpc) is 3.10. The van der Waals surface area contributed by atoms with E-state index in [-0.39, 0.29) is 5.91 Å². The molecule has 0 N–H and O–H groups in total. The van der Waals surface area contributed by atoms with Crippen LogP contribution in [0.4, 0.5) is 5.69 Å². The summed E-state index contributed by atoms with van der Waals surface area (Å²) in [6.45, 7) is 5.05. The molecule has 0 aromatic carbocycles. The van der Waals surface area contributed by atoms with Crippen LogP contribution in [0.3, 0.4) is 0 Å². The lowest BCUT2D eigenvalue weighted by Gasteiger charge is -2.36. The number of aryl methyl sites for hydroxylation is 2. The van der Waals surface area contributed by atoms with E-state index in [1.165, 1.54) is 0 Å². The lowest BCUT2D eigenvalue weighted by molar-refractivity contribution is -0.131. The topological polar surface area (TPSA) is 75.4 Å². The van der Waals surface area contributed by atoms with E-state index in [0.29, 0.717) is 36.8 Å². The molecule has 1 aliphatic heterocycles. The molecule has 140 valence electrons. The van der Waals surface area contributed by atoms with Gasteiger partial charge in [-0.05, 0) is 18.9 Å². The van der Waals surface area contributed by atoms with Crippen LogP contribution >= 0.6 is 11.6 Å². The Kier molecular flexibility index (Phi) is 6.44. The highest BCUT2D eigenvalue weighted by Gasteiger charge is 2.22. The third-order valence-corrected chi connectivity index (χ3v) is 4.78. The predicted octanol–water partition coefficient (Wildman–Crippen LogP) is 2.74. The number of halogens is 1. The van der Waals surface area contributed by atoms with Gasteiger partial charge >= 0.3 is 0 Å². The lowest BCUT2D eigenvalue weighted by Crippen LogP contribution is -2.48. The number of carbonyl (C=O) groups is 1. The first-order valence-corrected chi connectivity index (χ1v) is 9.49. The molecule has 8 heteroatoms. The minimum absolute atomic E-state index is 0.179. The third-order valence-electron chi connectivity index (χ3n) is 4.49. The number of carbonyl (C=O) groups excluding carboxylic acids is 1. The molecule has 2 aromatic rings. The summed E-state index contributed by atoms with van der Waals surface area (Å²) in [4.78, 5) is 24.9. The zero-order valence-corrected chi connectivity index (χ0v) is 15.8. The van der Waals surface area contributed by atoms with Gasteiger partial charge in [-0.2, -0.15) is 4.98 Å². The zero-order chi connectivity index (χ0) is 18.4. The van der Waals surface area contributed by atoms with Crippen LogP contribution in [0.2, 0.25) is 5.02 Å². The van der Waals surface area contributed by atoms with Crippen LogP contribution in [0.1, 0.15) is 37.9 Å². The maximum absolute atomic E-state index is 12.4. The Hall–Kier alpha value is -2.15. The standard InChI is InChI=1S/C18H24ClN5O2/c1-2-4-16-21-17(26-22-16)5-3-6-18(25)24-11-9-23(10-12-24)15-7-8-20-13-14(15)19/h7-8,13H,2-6,9-12H2,1H3. The average molecular weight is 378 g/mol. The highest BCUT2D eigenvalue weighted by molar-refractivity contribution is 6.33. The monoisotopic (exact) mass is 377 g/mol. The van der Waals surface area contributed by atoms with Crippen LogP contribution in [0.25, 0.3) is 0 Å². The van der Waals surface area contributed by atoms with E-state index in [9.17, 15) is 4.79 Å². The van der Waals surface area contributed by atoms with E-state index in [4.69, 9.17) is 16.1 Å². The molecule has 1 saturated heterocycles. The van der Waals surface area contributed by atoms with Crippen LogP contribution < -0.4 is 4.90 Å². The van der Waals surface area contributed by atoms with Gasteiger partial charge in [-0.3, -0.25) is 9.78 Å². The van der Waals surface area contributed by atoms with Gasteiger partial charge in [-0.1, -0.05) is 23.7 Å². The normalized spacial score (nSPS) is 14.7. The Morgan fingerprint density at radius 2 is 2.08 bits per heavy atom. The molecule has 3 rings (SSSR count). The Morgan fingerprint density at radius 3 is 2.81 bits per heavy atom. The molecule has 0 bridgehead atoms. The number of hydrogen-bond donors (Lipinski definition) is 0. The predicted molar refractivity (Wildman–Crippen MR) is 99.3 cm³/mol. The summed E-state index contributed by atoms with van der Waals surface area (Å²) in [5.74, 6) is 1.55. The molecule has 0 aliphatic carbocycles. The van der Waals surface area contributed by atoms with Crippen molar-refractivity contribution in [2.45, 2.75) is 39.0 Å². The first-order valence-electron chi connectivity index (χ1n) is 9.11. The number of pyridine rings is 1. The number of piperazine rings is 1. The van der Waals surface area contributed by atoms with Gasteiger partial charge in [0, 0.05) is 57.8 Å². The first-order chi connectivity index (χ1) is 12.7.